The zero-order valence-corrected chi connectivity index (χ0v) is 11.3. The van der Waals surface area contributed by atoms with E-state index in [0.29, 0.717) is 5.02 Å². The quantitative estimate of drug-likeness (QED) is 0.757. The summed E-state index contributed by atoms with van der Waals surface area (Å²) in [4.78, 5) is 25.1. The zero-order valence-electron chi connectivity index (χ0n) is 10.6. The highest BCUT2D eigenvalue weighted by Gasteiger charge is 2.16. The summed E-state index contributed by atoms with van der Waals surface area (Å²) in [5.74, 6) is -2.18. The minimum atomic E-state index is -1.14. The van der Waals surface area contributed by atoms with Crippen LogP contribution in [-0.2, 0) is 9.59 Å². The van der Waals surface area contributed by atoms with Crippen LogP contribution in [0.15, 0.2) is 35.3 Å². The molecule has 0 bridgehead atoms. The molecule has 0 amide bonds. The maximum absolute atomic E-state index is 10.9. The number of nitrogens with zero attached hydrogens (tertiary/aromatic N) is 1. The molecule has 0 radical (unpaired) electrons. The second-order valence-corrected chi connectivity index (χ2v) is 4.43. The SMILES string of the molecule is O=C(O)CC[C@H](N=C/C=C/c1ccc(Cl)cc1)C(=O)O. The van der Waals surface area contributed by atoms with Gasteiger partial charge >= 0.3 is 11.9 Å². The number of aliphatic imine (C=N–C) groups is 1. The van der Waals surface area contributed by atoms with Crippen LogP contribution in [0.4, 0.5) is 0 Å². The molecule has 20 heavy (non-hydrogen) atoms. The van der Waals surface area contributed by atoms with Gasteiger partial charge in [-0.2, -0.15) is 0 Å². The highest BCUT2D eigenvalue weighted by molar-refractivity contribution is 6.30. The van der Waals surface area contributed by atoms with E-state index in [1.54, 1.807) is 24.3 Å². The van der Waals surface area contributed by atoms with E-state index in [-0.39, 0.29) is 12.8 Å². The Morgan fingerprint density at radius 1 is 1.25 bits per heavy atom. The molecule has 0 aliphatic carbocycles. The first kappa shape index (κ1) is 15.9. The highest BCUT2D eigenvalue weighted by Crippen LogP contribution is 2.10. The number of halogens is 1. The molecule has 0 aromatic heterocycles. The molecular weight excluding hydrogens is 282 g/mol. The summed E-state index contributed by atoms with van der Waals surface area (Å²) < 4.78 is 0. The molecule has 0 saturated heterocycles. The summed E-state index contributed by atoms with van der Waals surface area (Å²) in [5, 5.41) is 18.0. The summed E-state index contributed by atoms with van der Waals surface area (Å²) in [7, 11) is 0. The molecule has 0 unspecified atom stereocenters. The van der Waals surface area contributed by atoms with E-state index >= 15 is 0 Å². The fourth-order valence-corrected chi connectivity index (χ4v) is 1.53. The lowest BCUT2D eigenvalue weighted by Gasteiger charge is -2.03. The van der Waals surface area contributed by atoms with Crippen molar-refractivity contribution in [2.75, 3.05) is 0 Å². The molecule has 1 aromatic rings. The van der Waals surface area contributed by atoms with Gasteiger partial charge in [0, 0.05) is 17.7 Å². The molecule has 106 valence electrons. The number of rotatable bonds is 7. The van der Waals surface area contributed by atoms with E-state index in [1.807, 2.05) is 12.1 Å². The fraction of sp³-hybridized carbons (Fsp3) is 0.214. The van der Waals surface area contributed by atoms with Crippen LogP contribution in [0.2, 0.25) is 5.02 Å². The molecule has 0 aliphatic rings. The lowest BCUT2D eigenvalue weighted by molar-refractivity contribution is -0.139. The van der Waals surface area contributed by atoms with Crippen LogP contribution in [0.5, 0.6) is 0 Å². The topological polar surface area (TPSA) is 87.0 Å². The minimum absolute atomic E-state index is 0.0318. The molecule has 0 fully saturated rings. The first-order valence-electron chi connectivity index (χ1n) is 5.89. The van der Waals surface area contributed by atoms with Crippen molar-refractivity contribution in [3.8, 4) is 0 Å². The van der Waals surface area contributed by atoms with Crippen molar-refractivity contribution in [3.63, 3.8) is 0 Å². The monoisotopic (exact) mass is 295 g/mol. The van der Waals surface area contributed by atoms with Crippen molar-refractivity contribution in [2.24, 2.45) is 4.99 Å². The van der Waals surface area contributed by atoms with E-state index in [2.05, 4.69) is 4.99 Å². The van der Waals surface area contributed by atoms with Crippen molar-refractivity contribution in [1.82, 2.24) is 0 Å². The Labute approximate surface area is 121 Å². The van der Waals surface area contributed by atoms with E-state index in [0.717, 1.165) is 5.56 Å². The molecule has 1 aromatic carbocycles. The fourth-order valence-electron chi connectivity index (χ4n) is 1.40. The molecule has 0 heterocycles. The van der Waals surface area contributed by atoms with E-state index < -0.39 is 18.0 Å². The van der Waals surface area contributed by atoms with Crippen molar-refractivity contribution in [3.05, 3.63) is 40.9 Å². The van der Waals surface area contributed by atoms with Crippen LogP contribution in [0.1, 0.15) is 18.4 Å². The Morgan fingerprint density at radius 2 is 1.90 bits per heavy atom. The second-order valence-electron chi connectivity index (χ2n) is 4.00. The van der Waals surface area contributed by atoms with Crippen LogP contribution in [-0.4, -0.2) is 34.4 Å². The third-order valence-electron chi connectivity index (χ3n) is 2.43. The first-order chi connectivity index (χ1) is 9.49. The third kappa shape index (κ3) is 6.15. The number of aliphatic carboxylic acids is 2. The largest absolute Gasteiger partial charge is 0.481 e. The minimum Gasteiger partial charge on any atom is -0.481 e. The predicted molar refractivity (Wildman–Crippen MR) is 77.3 cm³/mol. The van der Waals surface area contributed by atoms with Crippen molar-refractivity contribution in [2.45, 2.75) is 18.9 Å². The van der Waals surface area contributed by atoms with Gasteiger partial charge in [0.15, 0.2) is 0 Å². The Kier molecular flexibility index (Phi) is 6.46. The molecular formula is C14H14ClNO4. The normalized spacial score (nSPS) is 12.8. The second kappa shape index (κ2) is 8.12. The van der Waals surface area contributed by atoms with Gasteiger partial charge in [-0.3, -0.25) is 9.79 Å². The number of carboxylic acid groups (broad SMARTS) is 2. The average molecular weight is 296 g/mol. The Hall–Kier alpha value is -2.14. The zero-order chi connectivity index (χ0) is 15.0. The third-order valence-corrected chi connectivity index (χ3v) is 2.68. The predicted octanol–water partition coefficient (Wildman–Crippen LogP) is 2.74. The molecule has 0 saturated carbocycles. The van der Waals surface area contributed by atoms with Gasteiger partial charge in [0.05, 0.1) is 0 Å². The lowest BCUT2D eigenvalue weighted by atomic mass is 10.1. The summed E-state index contributed by atoms with van der Waals surface area (Å²) >= 11 is 5.75. The van der Waals surface area contributed by atoms with E-state index in [9.17, 15) is 9.59 Å². The van der Waals surface area contributed by atoms with Crippen LogP contribution in [0, 0.1) is 0 Å². The Bertz CT molecular complexity index is 522. The molecule has 1 rings (SSSR count). The average Bonchev–Trinajstić information content (AvgIpc) is 2.39. The molecule has 0 spiro atoms. The maximum atomic E-state index is 10.9. The Morgan fingerprint density at radius 3 is 2.45 bits per heavy atom. The van der Waals surface area contributed by atoms with Crippen molar-refractivity contribution in [1.29, 1.82) is 0 Å². The summed E-state index contributed by atoms with van der Waals surface area (Å²) in [6, 6.07) is 6.06. The summed E-state index contributed by atoms with van der Waals surface area (Å²) in [6.45, 7) is 0. The van der Waals surface area contributed by atoms with Gasteiger partial charge in [0.1, 0.15) is 6.04 Å². The van der Waals surface area contributed by atoms with E-state index in [1.165, 1.54) is 6.21 Å². The van der Waals surface area contributed by atoms with Crippen LogP contribution >= 0.6 is 11.6 Å². The van der Waals surface area contributed by atoms with Gasteiger partial charge in [-0.05, 0) is 30.2 Å². The molecule has 1 atom stereocenters. The molecule has 0 aliphatic heterocycles. The number of hydrogen-bond donors (Lipinski definition) is 2. The van der Waals surface area contributed by atoms with Gasteiger partial charge in [-0.15, -0.1) is 0 Å². The van der Waals surface area contributed by atoms with Gasteiger partial charge in [0.25, 0.3) is 0 Å². The van der Waals surface area contributed by atoms with Crippen LogP contribution in [0.3, 0.4) is 0 Å². The first-order valence-corrected chi connectivity index (χ1v) is 6.27. The van der Waals surface area contributed by atoms with Crippen molar-refractivity contribution < 1.29 is 19.8 Å². The summed E-state index contributed by atoms with van der Waals surface area (Å²) in [6.07, 6.45) is 4.44. The number of hydrogen-bond acceptors (Lipinski definition) is 3. The van der Waals surface area contributed by atoms with Crippen LogP contribution < -0.4 is 0 Å². The van der Waals surface area contributed by atoms with E-state index in [4.69, 9.17) is 21.8 Å². The van der Waals surface area contributed by atoms with Gasteiger partial charge < -0.3 is 10.2 Å². The maximum Gasteiger partial charge on any atom is 0.328 e. The number of allylic oxidation sites excluding steroid dienone is 1. The van der Waals surface area contributed by atoms with Gasteiger partial charge in [0.2, 0.25) is 0 Å². The van der Waals surface area contributed by atoms with Crippen molar-refractivity contribution >= 4 is 35.8 Å². The number of carboxylic acids is 2. The van der Waals surface area contributed by atoms with Gasteiger partial charge in [-0.25, -0.2) is 4.79 Å². The number of benzene rings is 1. The number of carbonyl (C=O) groups is 2. The van der Waals surface area contributed by atoms with Crippen LogP contribution in [0.25, 0.3) is 6.08 Å². The molecule has 2 N–H and O–H groups in total. The molecule has 6 heteroatoms. The molecule has 5 nitrogen and oxygen atoms in total. The standard InChI is InChI=1S/C14H14ClNO4/c15-11-5-3-10(4-6-11)2-1-9-16-12(14(19)20)7-8-13(17)18/h1-6,9,12H,7-8H2,(H,17,18)(H,19,20)/b2-1+,16-9?/t12-/m0/s1. The van der Waals surface area contributed by atoms with Gasteiger partial charge in [-0.1, -0.05) is 29.8 Å². The Balaban J connectivity index is 2.57. The summed E-state index contributed by atoms with van der Waals surface area (Å²) in [5.41, 5.74) is 0.901. The smallest absolute Gasteiger partial charge is 0.328 e. The highest BCUT2D eigenvalue weighted by atomic mass is 35.5. The lowest BCUT2D eigenvalue weighted by Crippen LogP contribution is -2.19.